The molecule has 0 saturated carbocycles. The van der Waals surface area contributed by atoms with Crippen LogP contribution < -0.4 is 27.0 Å². The summed E-state index contributed by atoms with van der Waals surface area (Å²) in [6, 6.07) is 5.37. The number of nitrogens with two attached hydrogens (primary N) is 1. The van der Waals surface area contributed by atoms with E-state index < -0.39 is 78.4 Å². The van der Waals surface area contributed by atoms with Crippen LogP contribution in [-0.2, 0) is 14.2 Å². The summed E-state index contributed by atoms with van der Waals surface area (Å²) in [7, 11) is 0. The van der Waals surface area contributed by atoms with Crippen LogP contribution in [0.15, 0.2) is 46.1 Å². The Balaban J connectivity index is 1.52. The van der Waals surface area contributed by atoms with Crippen molar-refractivity contribution < 1.29 is 52.2 Å². The van der Waals surface area contributed by atoms with Crippen molar-refractivity contribution in [2.45, 2.75) is 61.9 Å². The van der Waals surface area contributed by atoms with E-state index in [9.17, 15) is 42.9 Å². The second-order valence-electron chi connectivity index (χ2n) is 9.11. The zero-order valence-electron chi connectivity index (χ0n) is 20.6. The lowest BCUT2D eigenvalue weighted by Crippen LogP contribution is -2.45. The molecule has 0 radical (unpaired) electrons. The van der Waals surface area contributed by atoms with Crippen molar-refractivity contribution in [2.24, 2.45) is 5.73 Å². The Morgan fingerprint density at radius 3 is 2.60 bits per heavy atom. The molecule has 40 heavy (non-hydrogen) atoms. The number of aromatic nitrogens is 2. The van der Waals surface area contributed by atoms with E-state index in [2.05, 4.69) is 10.1 Å². The molecule has 0 spiro atoms. The van der Waals surface area contributed by atoms with Crippen molar-refractivity contribution in [3.05, 3.63) is 62.9 Å². The summed E-state index contributed by atoms with van der Waals surface area (Å²) in [4.78, 5) is 38.4. The number of hydrogen-bond acceptors (Lipinski definition) is 11. The van der Waals surface area contributed by atoms with E-state index in [1.807, 2.05) is 4.98 Å². The number of nitrogens with one attached hydrogen (secondary N) is 2. The Labute approximate surface area is 223 Å². The molecule has 14 nitrogen and oxygen atoms in total. The first-order chi connectivity index (χ1) is 18.9. The first-order valence-electron chi connectivity index (χ1n) is 12.0. The van der Waals surface area contributed by atoms with Gasteiger partial charge >= 0.3 is 12.1 Å². The fourth-order valence-corrected chi connectivity index (χ4v) is 4.39. The van der Waals surface area contributed by atoms with E-state index in [1.165, 1.54) is 12.1 Å². The van der Waals surface area contributed by atoms with Crippen molar-refractivity contribution in [3.8, 4) is 5.75 Å². The second kappa shape index (κ2) is 12.0. The number of carbonyl (C=O) groups excluding carboxylic acids is 1. The number of H-pyrrole nitrogens is 1. The molecule has 1 amide bonds. The molecule has 8 atom stereocenters. The van der Waals surface area contributed by atoms with E-state index >= 15 is 0 Å². The normalized spacial score (nSPS) is 29.3. The number of benzene rings is 1. The average molecular weight is 576 g/mol. The lowest BCUT2D eigenvalue weighted by Gasteiger charge is -2.28. The number of nitrogens with zero attached hydrogens (tertiary/aromatic N) is 1. The molecule has 4 rings (SSSR count). The van der Waals surface area contributed by atoms with Gasteiger partial charge in [-0.05, 0) is 18.2 Å². The first-order valence-corrected chi connectivity index (χ1v) is 12.0. The summed E-state index contributed by atoms with van der Waals surface area (Å²) < 4.78 is 59.6. The quantitative estimate of drug-likeness (QED) is 0.198. The van der Waals surface area contributed by atoms with Gasteiger partial charge in [-0.25, -0.2) is 4.79 Å². The number of aliphatic hydroxyl groups is 3. The third-order valence-corrected chi connectivity index (χ3v) is 6.31. The maximum absolute atomic E-state index is 12.8. The van der Waals surface area contributed by atoms with Gasteiger partial charge in [0.15, 0.2) is 12.5 Å². The van der Waals surface area contributed by atoms with Gasteiger partial charge in [0.1, 0.15) is 36.3 Å². The van der Waals surface area contributed by atoms with Crippen LogP contribution in [0.4, 0.5) is 13.2 Å². The summed E-state index contributed by atoms with van der Waals surface area (Å²) in [5.74, 6) is -1.44. The van der Waals surface area contributed by atoms with Gasteiger partial charge in [-0.2, -0.15) is 0 Å². The molecule has 17 heteroatoms. The predicted molar refractivity (Wildman–Crippen MR) is 126 cm³/mol. The van der Waals surface area contributed by atoms with Crippen molar-refractivity contribution in [1.82, 2.24) is 14.9 Å². The number of rotatable bonds is 9. The second-order valence-corrected chi connectivity index (χ2v) is 9.11. The summed E-state index contributed by atoms with van der Waals surface area (Å²) in [5.41, 5.74) is 3.83. The first kappa shape index (κ1) is 29.7. The minimum absolute atomic E-state index is 0.142. The van der Waals surface area contributed by atoms with Gasteiger partial charge in [0.05, 0.1) is 6.10 Å². The number of alkyl halides is 3. The molecule has 2 aromatic rings. The highest BCUT2D eigenvalue weighted by atomic mass is 19.4. The molecule has 2 aliphatic rings. The summed E-state index contributed by atoms with van der Waals surface area (Å²) in [5, 5.41) is 33.6. The van der Waals surface area contributed by atoms with Crippen LogP contribution in [0, 0.1) is 0 Å². The molecular formula is C23H27F3N4O10. The summed E-state index contributed by atoms with van der Waals surface area (Å²) in [6.07, 6.45) is -14.0. The maximum atomic E-state index is 12.8. The number of amides is 1. The van der Waals surface area contributed by atoms with Gasteiger partial charge in [0.2, 0.25) is 0 Å². The molecule has 2 fully saturated rings. The number of halogens is 3. The lowest BCUT2D eigenvalue weighted by atomic mass is 10.1. The molecule has 1 aromatic carbocycles. The standard InChI is InChI=1S/C23H27F3N4O10/c24-23(25,26)40-11-3-1-2-10(6-11)19(35)28-9-15(39-21-18(34)17(33)14(8-27)38-21)13-7-12(31)20(37-13)30-5-4-16(32)29-22(30)36/h1-6,12-15,17-18,20-21,31,33-34H,7-9,27H2,(H,28,35)(H,29,32,36)/t12-,13+,14-,15+,17-,18-,20-,21+/m1/s1. The van der Waals surface area contributed by atoms with Gasteiger partial charge in [-0.3, -0.25) is 19.1 Å². The zero-order chi connectivity index (χ0) is 29.2. The minimum atomic E-state index is -4.97. The Kier molecular flexibility index (Phi) is 8.93. The third-order valence-electron chi connectivity index (χ3n) is 6.31. The van der Waals surface area contributed by atoms with E-state index in [4.69, 9.17) is 19.9 Å². The highest BCUT2D eigenvalue weighted by Gasteiger charge is 2.47. The largest absolute Gasteiger partial charge is 0.573 e. The van der Waals surface area contributed by atoms with Crippen LogP contribution >= 0.6 is 0 Å². The maximum Gasteiger partial charge on any atom is 0.573 e. The van der Waals surface area contributed by atoms with Gasteiger partial charge < -0.3 is 45.3 Å². The van der Waals surface area contributed by atoms with Crippen molar-refractivity contribution in [3.63, 3.8) is 0 Å². The highest BCUT2D eigenvalue weighted by molar-refractivity contribution is 5.94. The van der Waals surface area contributed by atoms with Crippen molar-refractivity contribution in [1.29, 1.82) is 0 Å². The van der Waals surface area contributed by atoms with Crippen molar-refractivity contribution >= 4 is 5.91 Å². The highest BCUT2D eigenvalue weighted by Crippen LogP contribution is 2.32. The topological polar surface area (TPSA) is 208 Å². The smallest absolute Gasteiger partial charge is 0.406 e. The molecule has 1 aromatic heterocycles. The summed E-state index contributed by atoms with van der Waals surface area (Å²) in [6.45, 7) is -0.518. The Morgan fingerprint density at radius 2 is 1.95 bits per heavy atom. The lowest BCUT2D eigenvalue weighted by molar-refractivity contribution is -0.274. The summed E-state index contributed by atoms with van der Waals surface area (Å²) >= 11 is 0. The van der Waals surface area contributed by atoms with Crippen LogP contribution in [-0.4, -0.2) is 93.1 Å². The average Bonchev–Trinajstić information content (AvgIpc) is 3.39. The predicted octanol–water partition coefficient (Wildman–Crippen LogP) is -1.70. The fourth-order valence-electron chi connectivity index (χ4n) is 4.39. The van der Waals surface area contributed by atoms with E-state index in [-0.39, 0.29) is 25.1 Å². The number of aromatic amines is 1. The Bertz CT molecular complexity index is 1300. The molecular weight excluding hydrogens is 549 g/mol. The molecule has 2 saturated heterocycles. The molecule has 7 N–H and O–H groups in total. The van der Waals surface area contributed by atoms with Gasteiger partial charge in [0.25, 0.3) is 11.5 Å². The zero-order valence-corrected chi connectivity index (χ0v) is 20.6. The SMILES string of the molecule is NC[C@H]1O[C@@H](O[C@@H](CNC(=O)c2cccc(OC(F)(F)F)c2)[C@@H]2C[C@@H](O)[C@H](n3ccc(=O)[nH]c3=O)O2)[C@H](O)[C@@H]1O. The van der Waals surface area contributed by atoms with Crippen LogP contribution in [0.1, 0.15) is 23.0 Å². The Morgan fingerprint density at radius 1 is 1.20 bits per heavy atom. The van der Waals surface area contributed by atoms with Gasteiger partial charge in [0, 0.05) is 37.3 Å². The molecule has 2 aliphatic heterocycles. The van der Waals surface area contributed by atoms with Gasteiger partial charge in [-0.15, -0.1) is 13.2 Å². The minimum Gasteiger partial charge on any atom is -0.406 e. The third kappa shape index (κ3) is 6.87. The number of ether oxygens (including phenoxy) is 4. The van der Waals surface area contributed by atoms with Crippen LogP contribution in [0.5, 0.6) is 5.75 Å². The number of aliphatic hydroxyl groups excluding tert-OH is 3. The van der Waals surface area contributed by atoms with E-state index in [1.54, 1.807) is 0 Å². The molecule has 0 unspecified atom stereocenters. The van der Waals surface area contributed by atoms with E-state index in [0.717, 1.165) is 29.0 Å². The fraction of sp³-hybridized carbons (Fsp3) is 0.522. The van der Waals surface area contributed by atoms with E-state index in [0.29, 0.717) is 0 Å². The van der Waals surface area contributed by atoms with Crippen LogP contribution in [0.25, 0.3) is 0 Å². The monoisotopic (exact) mass is 576 g/mol. The molecule has 3 heterocycles. The number of hydrogen-bond donors (Lipinski definition) is 6. The number of carbonyl (C=O) groups is 1. The Hall–Kier alpha value is -3.32. The van der Waals surface area contributed by atoms with Gasteiger partial charge in [-0.1, -0.05) is 6.07 Å². The molecule has 220 valence electrons. The molecule has 0 aliphatic carbocycles. The van der Waals surface area contributed by atoms with Crippen molar-refractivity contribution in [2.75, 3.05) is 13.1 Å². The van der Waals surface area contributed by atoms with Crippen LogP contribution in [0.2, 0.25) is 0 Å². The molecule has 0 bridgehead atoms. The van der Waals surface area contributed by atoms with Crippen LogP contribution in [0.3, 0.4) is 0 Å².